The molecule has 2 N–H and O–H groups in total. The lowest BCUT2D eigenvalue weighted by molar-refractivity contribution is -0.116. The molecule has 0 bridgehead atoms. The highest BCUT2D eigenvalue weighted by Crippen LogP contribution is 2.11. The van der Waals surface area contributed by atoms with Crippen molar-refractivity contribution in [1.82, 2.24) is 10.6 Å². The van der Waals surface area contributed by atoms with Gasteiger partial charge in [-0.25, -0.2) is 0 Å². The average Bonchev–Trinajstić information content (AvgIpc) is 2.25. The highest BCUT2D eigenvalue weighted by atomic mass is 16.2. The van der Waals surface area contributed by atoms with Crippen LogP contribution in [0.4, 0.5) is 0 Å². The van der Waals surface area contributed by atoms with Crippen molar-refractivity contribution >= 4 is 11.8 Å². The van der Waals surface area contributed by atoms with Crippen LogP contribution in [0, 0.1) is 5.41 Å². The fourth-order valence-corrected chi connectivity index (χ4v) is 1.14. The molecule has 0 saturated heterocycles. The summed E-state index contributed by atoms with van der Waals surface area (Å²) in [5, 5.41) is 5.57. The van der Waals surface area contributed by atoms with Crippen LogP contribution in [0.2, 0.25) is 0 Å². The van der Waals surface area contributed by atoms with E-state index in [1.807, 2.05) is 13.8 Å². The van der Waals surface area contributed by atoms with E-state index in [1.165, 1.54) is 12.2 Å². The Morgan fingerprint density at radius 3 is 1.59 bits per heavy atom. The second-order valence-corrected chi connectivity index (χ2v) is 4.60. The highest BCUT2D eigenvalue weighted by molar-refractivity contribution is 5.88. The minimum atomic E-state index is -0.172. The fourth-order valence-electron chi connectivity index (χ4n) is 1.14. The minimum Gasteiger partial charge on any atom is -0.352 e. The van der Waals surface area contributed by atoms with Gasteiger partial charge in [-0.2, -0.15) is 0 Å². The first-order chi connectivity index (χ1) is 7.91. The third-order valence-electron chi connectivity index (χ3n) is 2.12. The molecular formula is C13H22N2O2. The van der Waals surface area contributed by atoms with Gasteiger partial charge in [0.05, 0.1) is 0 Å². The second kappa shape index (κ2) is 7.65. The third kappa shape index (κ3) is 8.25. The van der Waals surface area contributed by atoms with Crippen LogP contribution in [0.1, 0.15) is 27.7 Å². The number of amides is 2. The summed E-state index contributed by atoms with van der Waals surface area (Å²) in [4.78, 5) is 22.5. The van der Waals surface area contributed by atoms with Crippen molar-refractivity contribution in [2.24, 2.45) is 5.41 Å². The standard InChI is InChI=1S/C13H22N2O2/c1-5-7-11(16)14-9-13(3,4)10-15-12(17)8-6-2/h5-8H,9-10H2,1-4H3,(H,14,16)(H,15,17). The second-order valence-electron chi connectivity index (χ2n) is 4.60. The molecule has 0 aromatic rings. The van der Waals surface area contributed by atoms with E-state index in [4.69, 9.17) is 0 Å². The zero-order chi connectivity index (χ0) is 13.3. The molecule has 0 aromatic heterocycles. The topological polar surface area (TPSA) is 58.2 Å². The van der Waals surface area contributed by atoms with E-state index in [0.717, 1.165) is 0 Å². The molecule has 0 aliphatic heterocycles. The number of allylic oxidation sites excluding steroid dienone is 2. The number of hydrogen-bond donors (Lipinski definition) is 2. The molecule has 17 heavy (non-hydrogen) atoms. The summed E-state index contributed by atoms with van der Waals surface area (Å²) in [6.07, 6.45) is 6.34. The van der Waals surface area contributed by atoms with Gasteiger partial charge in [0.2, 0.25) is 11.8 Å². The summed E-state index contributed by atoms with van der Waals surface area (Å²) in [6.45, 7) is 8.60. The van der Waals surface area contributed by atoms with E-state index in [-0.39, 0.29) is 17.2 Å². The lowest BCUT2D eigenvalue weighted by atomic mass is 9.93. The summed E-state index contributed by atoms with van der Waals surface area (Å²) >= 11 is 0. The zero-order valence-corrected chi connectivity index (χ0v) is 11.0. The number of rotatable bonds is 6. The summed E-state index contributed by atoms with van der Waals surface area (Å²) in [6, 6.07) is 0. The Morgan fingerprint density at radius 2 is 1.29 bits per heavy atom. The molecule has 0 atom stereocenters. The molecule has 4 nitrogen and oxygen atoms in total. The lowest BCUT2D eigenvalue weighted by Crippen LogP contribution is -2.41. The van der Waals surface area contributed by atoms with Crippen molar-refractivity contribution in [2.75, 3.05) is 13.1 Å². The van der Waals surface area contributed by atoms with Crippen LogP contribution < -0.4 is 10.6 Å². The Kier molecular flexibility index (Phi) is 6.94. The zero-order valence-electron chi connectivity index (χ0n) is 11.0. The summed E-state index contributed by atoms with van der Waals surface area (Å²) in [7, 11) is 0. The molecule has 0 heterocycles. The number of nitrogens with one attached hydrogen (secondary N) is 2. The van der Waals surface area contributed by atoms with Crippen molar-refractivity contribution < 1.29 is 9.59 Å². The van der Waals surface area contributed by atoms with Gasteiger partial charge < -0.3 is 10.6 Å². The number of hydrogen-bond acceptors (Lipinski definition) is 2. The van der Waals surface area contributed by atoms with Gasteiger partial charge in [0.1, 0.15) is 0 Å². The van der Waals surface area contributed by atoms with Crippen molar-refractivity contribution in [3.8, 4) is 0 Å². The van der Waals surface area contributed by atoms with Crippen molar-refractivity contribution in [1.29, 1.82) is 0 Å². The van der Waals surface area contributed by atoms with Crippen LogP contribution in [-0.4, -0.2) is 24.9 Å². The Balaban J connectivity index is 4.03. The van der Waals surface area contributed by atoms with E-state index in [1.54, 1.807) is 26.0 Å². The SMILES string of the molecule is CC=CC(=O)NCC(C)(C)CNC(=O)C=CC. The molecule has 2 amide bonds. The lowest BCUT2D eigenvalue weighted by Gasteiger charge is -2.24. The third-order valence-corrected chi connectivity index (χ3v) is 2.12. The van der Waals surface area contributed by atoms with Gasteiger partial charge in [-0.05, 0) is 31.4 Å². The van der Waals surface area contributed by atoms with E-state index in [9.17, 15) is 9.59 Å². The summed E-state index contributed by atoms with van der Waals surface area (Å²) in [5.41, 5.74) is -0.172. The highest BCUT2D eigenvalue weighted by Gasteiger charge is 2.18. The van der Waals surface area contributed by atoms with Crippen LogP contribution in [0.5, 0.6) is 0 Å². The van der Waals surface area contributed by atoms with Crippen LogP contribution in [-0.2, 0) is 9.59 Å². The maximum atomic E-state index is 11.2. The molecule has 4 heteroatoms. The van der Waals surface area contributed by atoms with Gasteiger partial charge >= 0.3 is 0 Å². The molecule has 0 aliphatic rings. The molecule has 0 unspecified atom stereocenters. The smallest absolute Gasteiger partial charge is 0.243 e. The van der Waals surface area contributed by atoms with Gasteiger partial charge in [0.15, 0.2) is 0 Å². The van der Waals surface area contributed by atoms with E-state index in [0.29, 0.717) is 13.1 Å². The van der Waals surface area contributed by atoms with Gasteiger partial charge in [-0.15, -0.1) is 0 Å². The van der Waals surface area contributed by atoms with Gasteiger partial charge in [-0.1, -0.05) is 26.0 Å². The van der Waals surface area contributed by atoms with Crippen LogP contribution in [0.15, 0.2) is 24.3 Å². The monoisotopic (exact) mass is 238 g/mol. The number of carbonyl (C=O) groups excluding carboxylic acids is 2. The molecular weight excluding hydrogens is 216 g/mol. The van der Waals surface area contributed by atoms with E-state index >= 15 is 0 Å². The van der Waals surface area contributed by atoms with E-state index in [2.05, 4.69) is 10.6 Å². The fraction of sp³-hybridized carbons (Fsp3) is 0.538. The molecule has 0 radical (unpaired) electrons. The van der Waals surface area contributed by atoms with Crippen LogP contribution in [0.3, 0.4) is 0 Å². The minimum absolute atomic E-state index is 0.111. The summed E-state index contributed by atoms with van der Waals surface area (Å²) in [5.74, 6) is -0.222. The first kappa shape index (κ1) is 15.4. The quantitative estimate of drug-likeness (QED) is 0.687. The maximum Gasteiger partial charge on any atom is 0.243 e. The van der Waals surface area contributed by atoms with Gasteiger partial charge in [-0.3, -0.25) is 9.59 Å². The first-order valence-electron chi connectivity index (χ1n) is 5.72. The Bertz CT molecular complexity index is 287. The molecule has 0 rings (SSSR count). The number of carbonyl (C=O) groups is 2. The van der Waals surface area contributed by atoms with Gasteiger partial charge in [0.25, 0.3) is 0 Å². The predicted octanol–water partition coefficient (Wildman–Crippen LogP) is 1.40. The van der Waals surface area contributed by atoms with Crippen molar-refractivity contribution in [3.05, 3.63) is 24.3 Å². The molecule has 0 saturated carbocycles. The summed E-state index contributed by atoms with van der Waals surface area (Å²) < 4.78 is 0. The first-order valence-corrected chi connectivity index (χ1v) is 5.72. The van der Waals surface area contributed by atoms with Crippen LogP contribution >= 0.6 is 0 Å². The molecule has 0 aromatic carbocycles. The molecule has 0 aliphatic carbocycles. The molecule has 0 spiro atoms. The molecule has 0 fully saturated rings. The molecule has 96 valence electrons. The Morgan fingerprint density at radius 1 is 0.941 bits per heavy atom. The Labute approximate surface area is 103 Å². The predicted molar refractivity (Wildman–Crippen MR) is 69.4 cm³/mol. The van der Waals surface area contributed by atoms with Crippen molar-refractivity contribution in [3.63, 3.8) is 0 Å². The Hall–Kier alpha value is -1.58. The van der Waals surface area contributed by atoms with Crippen molar-refractivity contribution in [2.45, 2.75) is 27.7 Å². The van der Waals surface area contributed by atoms with E-state index < -0.39 is 0 Å². The maximum absolute atomic E-state index is 11.2. The normalized spacial score (nSPS) is 12.0. The van der Waals surface area contributed by atoms with Crippen LogP contribution in [0.25, 0.3) is 0 Å². The van der Waals surface area contributed by atoms with Gasteiger partial charge in [0, 0.05) is 13.1 Å². The largest absolute Gasteiger partial charge is 0.352 e. The average molecular weight is 238 g/mol.